The smallest absolute Gasteiger partial charge is 0.245 e. The second-order valence-electron chi connectivity index (χ2n) is 5.72. The van der Waals surface area contributed by atoms with Crippen molar-refractivity contribution in [2.75, 3.05) is 24.7 Å². The fraction of sp³-hybridized carbons (Fsp3) is 0.562. The van der Waals surface area contributed by atoms with Crippen LogP contribution in [0.4, 0.5) is 5.69 Å². The zero-order chi connectivity index (χ0) is 15.4. The Kier molecular flexibility index (Phi) is 5.20. The molecule has 0 bridgehead atoms. The van der Waals surface area contributed by atoms with E-state index in [9.17, 15) is 9.90 Å². The molecule has 1 unspecified atom stereocenters. The van der Waals surface area contributed by atoms with E-state index in [0.29, 0.717) is 19.8 Å². The van der Waals surface area contributed by atoms with E-state index in [-0.39, 0.29) is 24.6 Å². The normalized spacial score (nSPS) is 18.9. The van der Waals surface area contributed by atoms with Crippen molar-refractivity contribution in [3.63, 3.8) is 0 Å². The highest BCUT2D eigenvalue weighted by Crippen LogP contribution is 2.23. The van der Waals surface area contributed by atoms with Gasteiger partial charge in [-0.05, 0) is 44.0 Å². The van der Waals surface area contributed by atoms with Gasteiger partial charge in [0.05, 0.1) is 19.8 Å². The molecule has 21 heavy (non-hydrogen) atoms. The lowest BCUT2D eigenvalue weighted by Gasteiger charge is -2.37. The summed E-state index contributed by atoms with van der Waals surface area (Å²) in [5, 5.41) is 12.2. The van der Waals surface area contributed by atoms with Crippen LogP contribution in [0.3, 0.4) is 0 Å². The molecule has 1 aliphatic heterocycles. The highest BCUT2D eigenvalue weighted by Gasteiger charge is 2.30. The molecule has 1 aliphatic rings. The van der Waals surface area contributed by atoms with Gasteiger partial charge in [-0.2, -0.15) is 0 Å². The molecule has 0 radical (unpaired) electrons. The minimum absolute atomic E-state index is 0.00594. The Morgan fingerprint density at radius 1 is 1.52 bits per heavy atom. The van der Waals surface area contributed by atoms with Gasteiger partial charge in [0.15, 0.2) is 0 Å². The number of carbonyl (C=O) groups is 1. The molecule has 0 spiro atoms. The van der Waals surface area contributed by atoms with E-state index in [1.54, 1.807) is 0 Å². The van der Waals surface area contributed by atoms with Crippen molar-refractivity contribution in [3.05, 3.63) is 29.3 Å². The number of nitrogens with zero attached hydrogens (tertiary/aromatic N) is 1. The van der Waals surface area contributed by atoms with Gasteiger partial charge in [0, 0.05) is 18.3 Å². The SMILES string of the molecule is Cc1cc(N2CCOCC2C(=O)NC(C)C)ccc1CO. The highest BCUT2D eigenvalue weighted by molar-refractivity contribution is 5.86. The molecule has 5 heteroatoms. The van der Waals surface area contributed by atoms with Crippen LogP contribution in [0.1, 0.15) is 25.0 Å². The minimum Gasteiger partial charge on any atom is -0.392 e. The molecule has 1 amide bonds. The molecule has 1 fully saturated rings. The van der Waals surface area contributed by atoms with Gasteiger partial charge in [0.25, 0.3) is 0 Å². The van der Waals surface area contributed by atoms with Crippen LogP contribution in [0.25, 0.3) is 0 Å². The van der Waals surface area contributed by atoms with Gasteiger partial charge >= 0.3 is 0 Å². The quantitative estimate of drug-likeness (QED) is 0.876. The van der Waals surface area contributed by atoms with Crippen LogP contribution in [0.5, 0.6) is 0 Å². The van der Waals surface area contributed by atoms with E-state index in [2.05, 4.69) is 10.2 Å². The maximum absolute atomic E-state index is 12.3. The molecule has 0 saturated carbocycles. The van der Waals surface area contributed by atoms with Crippen molar-refractivity contribution in [1.82, 2.24) is 5.32 Å². The van der Waals surface area contributed by atoms with Crippen LogP contribution in [0, 0.1) is 6.92 Å². The Balaban J connectivity index is 2.22. The van der Waals surface area contributed by atoms with E-state index in [4.69, 9.17) is 4.74 Å². The zero-order valence-corrected chi connectivity index (χ0v) is 12.9. The molecule has 5 nitrogen and oxygen atoms in total. The lowest BCUT2D eigenvalue weighted by molar-refractivity contribution is -0.125. The Labute approximate surface area is 125 Å². The van der Waals surface area contributed by atoms with Gasteiger partial charge in [-0.1, -0.05) is 6.07 Å². The number of hydrogen-bond donors (Lipinski definition) is 2. The van der Waals surface area contributed by atoms with Crippen molar-refractivity contribution in [2.24, 2.45) is 0 Å². The van der Waals surface area contributed by atoms with E-state index >= 15 is 0 Å². The standard InChI is InChI=1S/C16H24N2O3/c1-11(2)17-16(20)15-10-21-7-6-18(15)14-5-4-13(9-19)12(3)8-14/h4-5,8,11,15,19H,6-7,9-10H2,1-3H3,(H,17,20). The van der Waals surface area contributed by atoms with Crippen LogP contribution in [-0.4, -0.2) is 42.9 Å². The van der Waals surface area contributed by atoms with Crippen LogP contribution in [0.2, 0.25) is 0 Å². The summed E-state index contributed by atoms with van der Waals surface area (Å²) in [5.74, 6) is -0.00594. The number of morpholine rings is 1. The Bertz CT molecular complexity index is 502. The van der Waals surface area contributed by atoms with E-state index in [0.717, 1.165) is 16.8 Å². The zero-order valence-electron chi connectivity index (χ0n) is 12.9. The number of benzene rings is 1. The maximum atomic E-state index is 12.3. The first-order valence-electron chi connectivity index (χ1n) is 7.38. The third kappa shape index (κ3) is 3.74. The number of aryl methyl sites for hydroxylation is 1. The van der Waals surface area contributed by atoms with Crippen LogP contribution in [-0.2, 0) is 16.1 Å². The molecule has 2 N–H and O–H groups in total. The molecule has 1 aromatic carbocycles. The van der Waals surface area contributed by atoms with Crippen LogP contribution < -0.4 is 10.2 Å². The molecule has 1 atom stereocenters. The van der Waals surface area contributed by atoms with Crippen molar-refractivity contribution >= 4 is 11.6 Å². The number of rotatable bonds is 4. The number of nitrogens with one attached hydrogen (secondary N) is 1. The average molecular weight is 292 g/mol. The summed E-state index contributed by atoms with van der Waals surface area (Å²) < 4.78 is 5.47. The first-order valence-corrected chi connectivity index (χ1v) is 7.38. The summed E-state index contributed by atoms with van der Waals surface area (Å²) in [5.41, 5.74) is 2.94. The summed E-state index contributed by atoms with van der Waals surface area (Å²) in [7, 11) is 0. The number of hydrogen-bond acceptors (Lipinski definition) is 4. The summed E-state index contributed by atoms with van der Waals surface area (Å²) >= 11 is 0. The number of anilines is 1. The summed E-state index contributed by atoms with van der Waals surface area (Å²) in [4.78, 5) is 14.4. The Morgan fingerprint density at radius 3 is 2.90 bits per heavy atom. The molecular formula is C16H24N2O3. The van der Waals surface area contributed by atoms with Crippen molar-refractivity contribution < 1.29 is 14.6 Å². The fourth-order valence-electron chi connectivity index (χ4n) is 2.55. The van der Waals surface area contributed by atoms with E-state index < -0.39 is 0 Å². The van der Waals surface area contributed by atoms with Gasteiger partial charge in [-0.3, -0.25) is 4.79 Å². The fourth-order valence-corrected chi connectivity index (χ4v) is 2.55. The van der Waals surface area contributed by atoms with Crippen LogP contribution in [0.15, 0.2) is 18.2 Å². The van der Waals surface area contributed by atoms with Gasteiger partial charge in [-0.25, -0.2) is 0 Å². The van der Waals surface area contributed by atoms with Crippen molar-refractivity contribution in [1.29, 1.82) is 0 Å². The second-order valence-corrected chi connectivity index (χ2v) is 5.72. The van der Waals surface area contributed by atoms with Gasteiger partial charge in [0.2, 0.25) is 5.91 Å². The molecule has 116 valence electrons. The predicted octanol–water partition coefficient (Wildman–Crippen LogP) is 1.22. The molecule has 1 aromatic rings. The number of ether oxygens (including phenoxy) is 1. The molecule has 2 rings (SSSR count). The first kappa shape index (κ1) is 15.8. The lowest BCUT2D eigenvalue weighted by Crippen LogP contribution is -2.55. The van der Waals surface area contributed by atoms with E-state index in [1.807, 2.05) is 39.0 Å². The Hall–Kier alpha value is -1.59. The molecule has 1 heterocycles. The monoisotopic (exact) mass is 292 g/mol. The first-order chi connectivity index (χ1) is 10.0. The second kappa shape index (κ2) is 6.91. The van der Waals surface area contributed by atoms with Crippen LogP contribution >= 0.6 is 0 Å². The van der Waals surface area contributed by atoms with Crippen molar-refractivity contribution in [3.8, 4) is 0 Å². The van der Waals surface area contributed by atoms with Gasteiger partial charge in [-0.15, -0.1) is 0 Å². The predicted molar refractivity (Wildman–Crippen MR) is 82.3 cm³/mol. The van der Waals surface area contributed by atoms with E-state index in [1.165, 1.54) is 0 Å². The third-order valence-corrected chi connectivity index (χ3v) is 3.69. The summed E-state index contributed by atoms with van der Waals surface area (Å²) in [6.07, 6.45) is 0. The highest BCUT2D eigenvalue weighted by atomic mass is 16.5. The molecule has 0 aromatic heterocycles. The number of aliphatic hydroxyl groups is 1. The van der Waals surface area contributed by atoms with Gasteiger partial charge < -0.3 is 20.1 Å². The molecule has 0 aliphatic carbocycles. The maximum Gasteiger partial charge on any atom is 0.245 e. The number of carbonyl (C=O) groups excluding carboxylic acids is 1. The van der Waals surface area contributed by atoms with Crippen molar-refractivity contribution in [2.45, 2.75) is 39.5 Å². The lowest BCUT2D eigenvalue weighted by atomic mass is 10.1. The Morgan fingerprint density at radius 2 is 2.29 bits per heavy atom. The topological polar surface area (TPSA) is 61.8 Å². The molecular weight excluding hydrogens is 268 g/mol. The average Bonchev–Trinajstić information content (AvgIpc) is 2.46. The number of amides is 1. The summed E-state index contributed by atoms with van der Waals surface area (Å²) in [6.45, 7) is 7.61. The molecule has 1 saturated heterocycles. The largest absolute Gasteiger partial charge is 0.392 e. The minimum atomic E-state index is -0.305. The number of aliphatic hydroxyl groups excluding tert-OH is 1. The summed E-state index contributed by atoms with van der Waals surface area (Å²) in [6, 6.07) is 5.70. The van der Waals surface area contributed by atoms with Gasteiger partial charge in [0.1, 0.15) is 6.04 Å². The third-order valence-electron chi connectivity index (χ3n) is 3.69.